The Balaban J connectivity index is 1.57. The molecule has 0 fully saturated rings. The van der Waals surface area contributed by atoms with Crippen molar-refractivity contribution in [2.24, 2.45) is 0 Å². The summed E-state index contributed by atoms with van der Waals surface area (Å²) in [7, 11) is -3.35. The minimum absolute atomic E-state index is 0.247. The number of amides is 2. The molecule has 0 saturated heterocycles. The van der Waals surface area contributed by atoms with E-state index in [9.17, 15) is 9.00 Å². The van der Waals surface area contributed by atoms with Crippen LogP contribution in [0, 0.1) is 4.78 Å². The molecular formula is C14H14N4O2S2. The highest BCUT2D eigenvalue weighted by molar-refractivity contribution is 7.93. The molecule has 2 amide bonds. The number of anilines is 1. The lowest BCUT2D eigenvalue weighted by Crippen LogP contribution is -2.35. The zero-order valence-electron chi connectivity index (χ0n) is 11.6. The normalized spacial score (nSPS) is 17.3. The molecule has 114 valence electrons. The summed E-state index contributed by atoms with van der Waals surface area (Å²) in [5, 5.41) is 2.82. The van der Waals surface area contributed by atoms with Gasteiger partial charge in [-0.05, 0) is 47.9 Å². The number of nitrogens with one attached hydrogen (secondary N) is 3. The lowest BCUT2D eigenvalue weighted by atomic mass is 9.76. The first-order valence-electron chi connectivity index (χ1n) is 6.97. The van der Waals surface area contributed by atoms with Crippen LogP contribution in [0.4, 0.5) is 10.5 Å². The highest BCUT2D eigenvalue weighted by atomic mass is 32.2. The van der Waals surface area contributed by atoms with Crippen LogP contribution in [0.5, 0.6) is 0 Å². The molecule has 1 heterocycles. The first kappa shape index (κ1) is 13.7. The van der Waals surface area contributed by atoms with Gasteiger partial charge in [0.2, 0.25) is 0 Å². The van der Waals surface area contributed by atoms with Crippen molar-refractivity contribution in [1.82, 2.24) is 9.71 Å². The topological polar surface area (TPSA) is 94.9 Å². The fourth-order valence-electron chi connectivity index (χ4n) is 2.89. The van der Waals surface area contributed by atoms with Gasteiger partial charge in [0.1, 0.15) is 4.21 Å². The van der Waals surface area contributed by atoms with E-state index in [2.05, 4.69) is 21.1 Å². The largest absolute Gasteiger partial charge is 0.331 e. The van der Waals surface area contributed by atoms with Crippen LogP contribution in [-0.2, 0) is 35.6 Å². The summed E-state index contributed by atoms with van der Waals surface area (Å²) in [6.45, 7) is 0. The van der Waals surface area contributed by atoms with Crippen molar-refractivity contribution >= 4 is 33.0 Å². The van der Waals surface area contributed by atoms with E-state index < -0.39 is 15.9 Å². The number of urea groups is 1. The Bertz CT molecular complexity index is 842. The maximum absolute atomic E-state index is 12.2. The Kier molecular flexibility index (Phi) is 2.98. The highest BCUT2D eigenvalue weighted by Gasteiger charge is 2.28. The molecule has 2 aromatic rings. The minimum atomic E-state index is -3.35. The van der Waals surface area contributed by atoms with Gasteiger partial charge in [0.05, 0.1) is 11.7 Å². The number of benzene rings is 1. The molecule has 2 aliphatic rings. The zero-order chi connectivity index (χ0) is 15.3. The quantitative estimate of drug-likeness (QED) is 0.805. The number of carbonyl (C=O) groups is 1. The average molecular weight is 334 g/mol. The Morgan fingerprint density at radius 1 is 1.23 bits per heavy atom. The van der Waals surface area contributed by atoms with Gasteiger partial charge in [-0.1, -0.05) is 6.07 Å². The molecule has 1 unspecified atom stereocenters. The molecule has 8 heteroatoms. The Morgan fingerprint density at radius 2 is 1.91 bits per heavy atom. The van der Waals surface area contributed by atoms with Gasteiger partial charge in [0.15, 0.2) is 9.92 Å². The van der Waals surface area contributed by atoms with Crippen molar-refractivity contribution in [2.75, 3.05) is 5.32 Å². The predicted octanol–water partition coefficient (Wildman–Crippen LogP) is 2.48. The van der Waals surface area contributed by atoms with Crippen LogP contribution < -0.4 is 10.0 Å². The lowest BCUT2D eigenvalue weighted by Gasteiger charge is -2.32. The number of nitrogens with zero attached hydrogens (tertiary/aromatic N) is 1. The van der Waals surface area contributed by atoms with Crippen molar-refractivity contribution in [2.45, 2.75) is 29.9 Å². The van der Waals surface area contributed by atoms with E-state index in [0.29, 0.717) is 0 Å². The van der Waals surface area contributed by atoms with Crippen LogP contribution in [0.15, 0.2) is 22.0 Å². The Morgan fingerprint density at radius 3 is 2.41 bits per heavy atom. The lowest BCUT2D eigenvalue weighted by molar-refractivity contribution is 0.256. The van der Waals surface area contributed by atoms with Gasteiger partial charge in [0, 0.05) is 5.69 Å². The third-order valence-corrected chi connectivity index (χ3v) is 6.89. The van der Waals surface area contributed by atoms with Crippen LogP contribution in [0.3, 0.4) is 0 Å². The summed E-state index contributed by atoms with van der Waals surface area (Å²) in [6.07, 6.45) is 5.37. The van der Waals surface area contributed by atoms with E-state index in [1.54, 1.807) is 0 Å². The number of fused-ring (bicyclic) bond motifs is 2. The van der Waals surface area contributed by atoms with E-state index in [1.807, 2.05) is 0 Å². The number of aryl methyl sites for hydroxylation is 2. The van der Waals surface area contributed by atoms with Crippen molar-refractivity contribution in [3.8, 4) is 0 Å². The summed E-state index contributed by atoms with van der Waals surface area (Å²) >= 11 is 1.10. The molecule has 0 bridgehead atoms. The zero-order valence-corrected chi connectivity index (χ0v) is 13.3. The fraction of sp³-hybridized carbons (Fsp3) is 0.286. The monoisotopic (exact) mass is 334 g/mol. The van der Waals surface area contributed by atoms with E-state index in [0.717, 1.165) is 42.7 Å². The summed E-state index contributed by atoms with van der Waals surface area (Å²) < 4.78 is 22.6. The molecule has 2 aliphatic carbocycles. The van der Waals surface area contributed by atoms with Crippen LogP contribution >= 0.6 is 11.3 Å². The molecule has 6 nitrogen and oxygen atoms in total. The van der Waals surface area contributed by atoms with Gasteiger partial charge in [-0.15, -0.1) is 11.3 Å². The van der Waals surface area contributed by atoms with E-state index >= 15 is 0 Å². The standard InChI is InChI=1S/C14H14N4O2S2/c15-22(20,12-6-16-7-21-12)18-14(19)17-13-10-3-1-8(10)5-9-2-4-11(9)13/h5-7H,1-4H2,(H3,15,17,18,19,20). The SMILES string of the molecule is N=S(=O)(NC(=O)Nc1c2c(cc3c1CC3)CC2)c1cncs1. The molecular weight excluding hydrogens is 320 g/mol. The van der Waals surface area contributed by atoms with E-state index in [4.69, 9.17) is 4.78 Å². The number of thiazole rings is 1. The van der Waals surface area contributed by atoms with Gasteiger partial charge in [-0.3, -0.25) is 4.98 Å². The molecule has 0 radical (unpaired) electrons. The third kappa shape index (κ3) is 2.10. The van der Waals surface area contributed by atoms with Gasteiger partial charge < -0.3 is 5.32 Å². The number of rotatable bonds is 3. The number of hydrogen-bond donors (Lipinski definition) is 3. The van der Waals surface area contributed by atoms with E-state index in [-0.39, 0.29) is 4.21 Å². The Labute approximate surface area is 132 Å². The number of hydrogen-bond acceptors (Lipinski definition) is 5. The maximum Gasteiger partial charge on any atom is 0.331 e. The smallest absolute Gasteiger partial charge is 0.307 e. The summed E-state index contributed by atoms with van der Waals surface area (Å²) in [5.41, 5.74) is 7.31. The van der Waals surface area contributed by atoms with Crippen molar-refractivity contribution in [3.05, 3.63) is 40.0 Å². The number of aromatic nitrogens is 1. The molecule has 0 saturated carbocycles. The third-order valence-electron chi connectivity index (χ3n) is 4.18. The van der Waals surface area contributed by atoms with Crippen molar-refractivity contribution in [1.29, 1.82) is 4.78 Å². The fourth-order valence-corrected chi connectivity index (χ4v) is 4.65. The molecule has 22 heavy (non-hydrogen) atoms. The maximum atomic E-state index is 12.2. The molecule has 1 atom stereocenters. The second kappa shape index (κ2) is 4.79. The molecule has 3 N–H and O–H groups in total. The highest BCUT2D eigenvalue weighted by Crippen LogP contribution is 2.40. The molecule has 4 rings (SSSR count). The van der Waals surface area contributed by atoms with Gasteiger partial charge in [-0.25, -0.2) is 18.5 Å². The van der Waals surface area contributed by atoms with E-state index in [1.165, 1.54) is 34.0 Å². The molecule has 1 aromatic carbocycles. The Hall–Kier alpha value is -1.93. The summed E-state index contributed by atoms with van der Waals surface area (Å²) in [6, 6.07) is 1.63. The molecule has 1 aromatic heterocycles. The van der Waals surface area contributed by atoms with Crippen molar-refractivity contribution in [3.63, 3.8) is 0 Å². The summed E-state index contributed by atoms with van der Waals surface area (Å²) in [4.78, 5) is 16.0. The molecule has 0 aliphatic heterocycles. The van der Waals surface area contributed by atoms with Gasteiger partial charge >= 0.3 is 6.03 Å². The second-order valence-corrected chi connectivity index (χ2v) is 8.36. The van der Waals surface area contributed by atoms with Crippen LogP contribution in [0.25, 0.3) is 0 Å². The van der Waals surface area contributed by atoms with Gasteiger partial charge in [0.25, 0.3) is 0 Å². The second-order valence-electron chi connectivity index (χ2n) is 5.46. The van der Waals surface area contributed by atoms with Crippen LogP contribution in [0.1, 0.15) is 22.3 Å². The first-order valence-corrected chi connectivity index (χ1v) is 9.41. The number of carbonyl (C=O) groups excluding carboxylic acids is 1. The predicted molar refractivity (Wildman–Crippen MR) is 84.7 cm³/mol. The minimum Gasteiger partial charge on any atom is -0.307 e. The average Bonchev–Trinajstić information content (AvgIpc) is 2.88. The molecule has 0 spiro atoms. The van der Waals surface area contributed by atoms with Gasteiger partial charge in [-0.2, -0.15) is 0 Å². The van der Waals surface area contributed by atoms with Crippen molar-refractivity contribution < 1.29 is 9.00 Å². The first-order chi connectivity index (χ1) is 10.5. The summed E-state index contributed by atoms with van der Waals surface area (Å²) in [5.74, 6) is 0. The van der Waals surface area contributed by atoms with Crippen LogP contribution in [-0.4, -0.2) is 15.2 Å². The van der Waals surface area contributed by atoms with Crippen LogP contribution in [0.2, 0.25) is 0 Å².